The normalized spacial score (nSPS) is 19.3. The Balaban J connectivity index is 1.69. The van der Waals surface area contributed by atoms with Crippen molar-refractivity contribution in [2.24, 2.45) is 5.73 Å². The first-order valence-corrected chi connectivity index (χ1v) is 9.13. The number of hydrogen-bond acceptors (Lipinski definition) is 4. The van der Waals surface area contributed by atoms with Crippen LogP contribution in [-0.4, -0.2) is 24.4 Å². The second-order valence-electron chi connectivity index (χ2n) is 6.27. The second kappa shape index (κ2) is 8.55. The molecular formula is C19H20Cl2FNO3. The quantitative estimate of drug-likeness (QED) is 0.754. The minimum Gasteiger partial charge on any atom is -0.491 e. The van der Waals surface area contributed by atoms with Crippen LogP contribution in [0.3, 0.4) is 0 Å². The van der Waals surface area contributed by atoms with Gasteiger partial charge in [-0.05, 0) is 42.7 Å². The van der Waals surface area contributed by atoms with E-state index < -0.39 is 18.0 Å². The first-order valence-electron chi connectivity index (χ1n) is 8.38. The molecule has 3 rings (SSSR count). The summed E-state index contributed by atoms with van der Waals surface area (Å²) in [6.45, 7) is 1.12. The summed E-state index contributed by atoms with van der Waals surface area (Å²) in [6.07, 6.45) is 0.767. The van der Waals surface area contributed by atoms with Crippen LogP contribution in [0.4, 0.5) is 4.39 Å². The summed E-state index contributed by atoms with van der Waals surface area (Å²) >= 11 is 11.9. The number of nitrogens with two attached hydrogens (primary N) is 1. The van der Waals surface area contributed by atoms with E-state index in [1.165, 1.54) is 12.1 Å². The molecule has 26 heavy (non-hydrogen) atoms. The number of aliphatic hydroxyl groups is 1. The number of rotatable bonds is 6. The second-order valence-corrected chi connectivity index (χ2v) is 7.09. The minimum absolute atomic E-state index is 0.0476. The number of benzene rings is 2. The summed E-state index contributed by atoms with van der Waals surface area (Å²) in [5.41, 5.74) is 6.72. The highest BCUT2D eigenvalue weighted by atomic mass is 35.5. The number of halogens is 3. The molecule has 0 aliphatic carbocycles. The van der Waals surface area contributed by atoms with E-state index in [9.17, 15) is 9.50 Å². The van der Waals surface area contributed by atoms with Gasteiger partial charge in [-0.2, -0.15) is 0 Å². The van der Waals surface area contributed by atoms with Crippen LogP contribution in [0.25, 0.3) is 0 Å². The highest BCUT2D eigenvalue weighted by Crippen LogP contribution is 2.33. The average Bonchev–Trinajstić information content (AvgIpc) is 3.15. The van der Waals surface area contributed by atoms with Gasteiger partial charge in [-0.3, -0.25) is 0 Å². The topological polar surface area (TPSA) is 64.7 Å². The summed E-state index contributed by atoms with van der Waals surface area (Å²) in [4.78, 5) is 0. The predicted molar refractivity (Wildman–Crippen MR) is 99.2 cm³/mol. The summed E-state index contributed by atoms with van der Waals surface area (Å²) in [5, 5.41) is 11.2. The zero-order chi connectivity index (χ0) is 18.7. The SMILES string of the molecule is N[C@H](c1ccc(Cl)c(Cl)c1)[C@@H](O)c1ccc(OCC2CCCO2)cc1F. The molecule has 0 amide bonds. The lowest BCUT2D eigenvalue weighted by molar-refractivity contribution is 0.0677. The van der Waals surface area contributed by atoms with Crippen molar-refractivity contribution in [3.63, 3.8) is 0 Å². The Kier molecular flexibility index (Phi) is 6.37. The van der Waals surface area contributed by atoms with Crippen LogP contribution >= 0.6 is 23.2 Å². The highest BCUT2D eigenvalue weighted by molar-refractivity contribution is 6.42. The maximum Gasteiger partial charge on any atom is 0.132 e. The van der Waals surface area contributed by atoms with Crippen molar-refractivity contribution in [1.29, 1.82) is 0 Å². The van der Waals surface area contributed by atoms with Gasteiger partial charge in [0.15, 0.2) is 0 Å². The van der Waals surface area contributed by atoms with Crippen molar-refractivity contribution in [2.45, 2.75) is 31.1 Å². The molecule has 1 heterocycles. The van der Waals surface area contributed by atoms with Crippen molar-refractivity contribution in [3.8, 4) is 5.75 Å². The predicted octanol–water partition coefficient (Wildman–Crippen LogP) is 4.42. The van der Waals surface area contributed by atoms with Gasteiger partial charge >= 0.3 is 0 Å². The Bertz CT molecular complexity index is 768. The van der Waals surface area contributed by atoms with Gasteiger partial charge in [0.1, 0.15) is 24.3 Å². The number of hydrogen-bond donors (Lipinski definition) is 2. The Hall–Kier alpha value is -1.37. The van der Waals surface area contributed by atoms with Crippen molar-refractivity contribution >= 4 is 23.2 Å². The molecule has 0 aromatic heterocycles. The van der Waals surface area contributed by atoms with Crippen LogP contribution in [0, 0.1) is 5.82 Å². The lowest BCUT2D eigenvalue weighted by Crippen LogP contribution is -2.21. The largest absolute Gasteiger partial charge is 0.491 e. The van der Waals surface area contributed by atoms with Crippen molar-refractivity contribution < 1.29 is 19.0 Å². The van der Waals surface area contributed by atoms with Crippen LogP contribution in [0.15, 0.2) is 36.4 Å². The van der Waals surface area contributed by atoms with Crippen LogP contribution < -0.4 is 10.5 Å². The molecular weight excluding hydrogens is 380 g/mol. The lowest BCUT2D eigenvalue weighted by Gasteiger charge is -2.21. The molecule has 1 aliphatic heterocycles. The molecule has 0 bridgehead atoms. The zero-order valence-electron chi connectivity index (χ0n) is 14.0. The third-order valence-corrected chi connectivity index (χ3v) is 5.16. The molecule has 3 N–H and O–H groups in total. The molecule has 4 nitrogen and oxygen atoms in total. The Morgan fingerprint density at radius 3 is 2.69 bits per heavy atom. The molecule has 0 saturated carbocycles. The maximum atomic E-state index is 14.4. The fourth-order valence-electron chi connectivity index (χ4n) is 2.90. The summed E-state index contributed by atoms with van der Waals surface area (Å²) in [5.74, 6) is -0.199. The number of aliphatic hydroxyl groups excluding tert-OH is 1. The summed E-state index contributed by atoms with van der Waals surface area (Å²) in [7, 11) is 0. The molecule has 1 aliphatic rings. The Morgan fingerprint density at radius 1 is 1.23 bits per heavy atom. The van der Waals surface area contributed by atoms with E-state index in [-0.39, 0.29) is 11.7 Å². The molecule has 1 fully saturated rings. The zero-order valence-corrected chi connectivity index (χ0v) is 15.5. The fourth-order valence-corrected chi connectivity index (χ4v) is 3.20. The van der Waals surface area contributed by atoms with Crippen LogP contribution in [0.1, 0.15) is 36.1 Å². The third kappa shape index (κ3) is 4.48. The van der Waals surface area contributed by atoms with Crippen LogP contribution in [0.5, 0.6) is 5.75 Å². The third-order valence-electron chi connectivity index (χ3n) is 4.42. The van der Waals surface area contributed by atoms with E-state index in [4.69, 9.17) is 38.4 Å². The summed E-state index contributed by atoms with van der Waals surface area (Å²) in [6, 6.07) is 8.28. The smallest absolute Gasteiger partial charge is 0.132 e. The first-order chi connectivity index (χ1) is 12.5. The maximum absolute atomic E-state index is 14.4. The van der Waals surface area contributed by atoms with E-state index in [0.717, 1.165) is 19.4 Å². The Labute approximate surface area is 161 Å². The molecule has 2 aromatic rings. The molecule has 3 atom stereocenters. The first kappa shape index (κ1) is 19.4. The van der Waals surface area contributed by atoms with E-state index in [1.54, 1.807) is 24.3 Å². The van der Waals surface area contributed by atoms with Gasteiger partial charge < -0.3 is 20.3 Å². The molecule has 140 valence electrons. The average molecular weight is 400 g/mol. The van der Waals surface area contributed by atoms with Crippen LogP contribution in [0.2, 0.25) is 10.0 Å². The van der Waals surface area contributed by atoms with Gasteiger partial charge in [0, 0.05) is 18.2 Å². The standard InChI is InChI=1S/C19H20Cl2FNO3/c20-15-6-3-11(8-16(15)21)18(23)19(24)14-5-4-12(9-17(14)22)26-10-13-2-1-7-25-13/h3-6,8-9,13,18-19,24H,1-2,7,10,23H2/t13?,18-,19+/m1/s1. The van der Waals surface area contributed by atoms with E-state index >= 15 is 0 Å². The van der Waals surface area contributed by atoms with E-state index in [2.05, 4.69) is 0 Å². The van der Waals surface area contributed by atoms with Gasteiger partial charge in [-0.25, -0.2) is 4.39 Å². The number of ether oxygens (including phenoxy) is 2. The van der Waals surface area contributed by atoms with Gasteiger partial charge in [-0.15, -0.1) is 0 Å². The van der Waals surface area contributed by atoms with E-state index in [0.29, 0.717) is 28.0 Å². The highest BCUT2D eigenvalue weighted by Gasteiger charge is 2.23. The minimum atomic E-state index is -1.24. The molecule has 1 unspecified atom stereocenters. The van der Waals surface area contributed by atoms with Crippen LogP contribution in [-0.2, 0) is 4.74 Å². The molecule has 7 heteroatoms. The Morgan fingerprint density at radius 2 is 2.04 bits per heavy atom. The van der Waals surface area contributed by atoms with Gasteiger partial charge in [0.2, 0.25) is 0 Å². The molecule has 0 spiro atoms. The molecule has 0 radical (unpaired) electrons. The van der Waals surface area contributed by atoms with Gasteiger partial charge in [0.25, 0.3) is 0 Å². The molecule has 2 aromatic carbocycles. The summed E-state index contributed by atoms with van der Waals surface area (Å²) < 4.78 is 25.5. The van der Waals surface area contributed by atoms with Crippen molar-refractivity contribution in [2.75, 3.05) is 13.2 Å². The van der Waals surface area contributed by atoms with E-state index in [1.807, 2.05) is 0 Å². The monoisotopic (exact) mass is 399 g/mol. The lowest BCUT2D eigenvalue weighted by atomic mass is 9.96. The fraction of sp³-hybridized carbons (Fsp3) is 0.368. The van der Waals surface area contributed by atoms with Crippen molar-refractivity contribution in [1.82, 2.24) is 0 Å². The van der Waals surface area contributed by atoms with Crippen molar-refractivity contribution in [3.05, 3.63) is 63.4 Å². The molecule has 1 saturated heterocycles. The van der Waals surface area contributed by atoms with Gasteiger partial charge in [0.05, 0.1) is 22.2 Å². The van der Waals surface area contributed by atoms with Gasteiger partial charge in [-0.1, -0.05) is 29.3 Å².